The molecule has 11 heavy (non-hydrogen) atoms. The van der Waals surface area contributed by atoms with Crippen molar-refractivity contribution >= 4 is 26.5 Å². The highest BCUT2D eigenvalue weighted by molar-refractivity contribution is 8.30. The van der Waals surface area contributed by atoms with Crippen molar-refractivity contribution in [1.82, 2.24) is 5.32 Å². The van der Waals surface area contributed by atoms with Crippen LogP contribution in [0.5, 0.6) is 0 Å². The number of carbonyl (C=O) groups is 1. The van der Waals surface area contributed by atoms with Gasteiger partial charge in [0.2, 0.25) is 5.91 Å². The summed E-state index contributed by atoms with van der Waals surface area (Å²) < 4.78 is 0. The second kappa shape index (κ2) is 6.45. The van der Waals surface area contributed by atoms with Crippen LogP contribution in [0.25, 0.3) is 0 Å². The van der Waals surface area contributed by atoms with E-state index in [1.165, 1.54) is 6.08 Å². The van der Waals surface area contributed by atoms with E-state index >= 15 is 0 Å². The molecule has 0 heterocycles. The highest BCUT2D eigenvalue weighted by Crippen LogP contribution is 1.78. The Morgan fingerprint density at radius 2 is 2.45 bits per heavy atom. The zero-order chi connectivity index (χ0) is 8.69. The first-order valence-corrected chi connectivity index (χ1v) is 5.68. The predicted molar refractivity (Wildman–Crippen MR) is 49.9 cm³/mol. The van der Waals surface area contributed by atoms with Gasteiger partial charge in [-0.05, 0) is 22.9 Å². The van der Waals surface area contributed by atoms with Gasteiger partial charge >= 0.3 is 0 Å². The van der Waals surface area contributed by atoms with Gasteiger partial charge in [-0.2, -0.15) is 0 Å². The van der Waals surface area contributed by atoms with Crippen LogP contribution in [0, 0.1) is 0 Å². The van der Waals surface area contributed by atoms with Crippen molar-refractivity contribution in [3.05, 3.63) is 11.5 Å². The van der Waals surface area contributed by atoms with Crippen LogP contribution in [0.2, 0.25) is 0 Å². The summed E-state index contributed by atoms with van der Waals surface area (Å²) in [7, 11) is -0.262. The molecule has 3 nitrogen and oxygen atoms in total. The van der Waals surface area contributed by atoms with Gasteiger partial charge in [-0.25, -0.2) is 0 Å². The van der Waals surface area contributed by atoms with Crippen LogP contribution in [0.4, 0.5) is 0 Å². The van der Waals surface area contributed by atoms with Crippen LogP contribution in [-0.2, 0) is 25.4 Å². The van der Waals surface area contributed by atoms with E-state index in [9.17, 15) is 4.79 Å². The number of rotatable bonds is 4. The first-order valence-electron chi connectivity index (χ1n) is 3.06. The van der Waals surface area contributed by atoms with E-state index in [0.717, 1.165) is 0 Å². The van der Waals surface area contributed by atoms with Gasteiger partial charge in [0.05, 0.1) is 6.61 Å². The third-order valence-corrected chi connectivity index (χ3v) is 1.67. The molecule has 0 aromatic heterocycles. The van der Waals surface area contributed by atoms with Crippen LogP contribution in [0.3, 0.4) is 0 Å². The third-order valence-electron chi connectivity index (χ3n) is 0.822. The average Bonchev–Trinajstić information content (AvgIpc) is 1.97. The Kier molecular flexibility index (Phi) is 6.30. The van der Waals surface area contributed by atoms with Crippen LogP contribution >= 0.6 is 0 Å². The van der Waals surface area contributed by atoms with Gasteiger partial charge in [0.1, 0.15) is 0 Å². The largest absolute Gasteiger partial charge is 0.395 e. The smallest absolute Gasteiger partial charge is 0.244 e. The van der Waals surface area contributed by atoms with E-state index in [1.54, 1.807) is 5.41 Å². The molecule has 0 aliphatic carbocycles. The van der Waals surface area contributed by atoms with Crippen molar-refractivity contribution in [2.24, 2.45) is 0 Å². The standard InChI is InChI=1S/C6H11NO2S2/c1-11(10)5-2-6(9)7-3-4-8/h2,5,8H,3-4H2,1H3,(H,7,9). The monoisotopic (exact) mass is 193 g/mol. The lowest BCUT2D eigenvalue weighted by Gasteiger charge is -1.95. The molecule has 0 aliphatic heterocycles. The molecule has 64 valence electrons. The molecule has 1 unspecified atom stereocenters. The molecule has 0 saturated heterocycles. The summed E-state index contributed by atoms with van der Waals surface area (Å²) >= 11 is 4.82. The maximum absolute atomic E-state index is 10.8. The number of carbonyl (C=O) groups excluding carboxylic acids is 1. The molecule has 5 heteroatoms. The zero-order valence-electron chi connectivity index (χ0n) is 6.24. The van der Waals surface area contributed by atoms with Gasteiger partial charge in [0, 0.05) is 12.6 Å². The van der Waals surface area contributed by atoms with Crippen molar-refractivity contribution < 1.29 is 9.90 Å². The van der Waals surface area contributed by atoms with Crippen molar-refractivity contribution in [3.63, 3.8) is 0 Å². The molecule has 0 saturated carbocycles. The first kappa shape index (κ1) is 10.7. The summed E-state index contributed by atoms with van der Waals surface area (Å²) in [4.78, 5) is 10.8. The molecular weight excluding hydrogens is 182 g/mol. The van der Waals surface area contributed by atoms with E-state index in [-0.39, 0.29) is 28.5 Å². The molecule has 0 aromatic rings. The van der Waals surface area contributed by atoms with Crippen molar-refractivity contribution in [2.45, 2.75) is 0 Å². The third kappa shape index (κ3) is 7.64. The SMILES string of the molecule is CS(=S)C=CC(=O)NCCO. The second-order valence-corrected chi connectivity index (χ2v) is 4.66. The Bertz CT molecular complexity index is 179. The topological polar surface area (TPSA) is 49.3 Å². The van der Waals surface area contributed by atoms with E-state index < -0.39 is 0 Å². The molecule has 1 atom stereocenters. The second-order valence-electron chi connectivity index (χ2n) is 1.82. The minimum Gasteiger partial charge on any atom is -0.395 e. The lowest BCUT2D eigenvalue weighted by Crippen LogP contribution is -2.24. The quantitative estimate of drug-likeness (QED) is 0.582. The van der Waals surface area contributed by atoms with Crippen LogP contribution in [-0.4, -0.2) is 30.4 Å². The summed E-state index contributed by atoms with van der Waals surface area (Å²) in [5, 5.41) is 12.5. The molecule has 0 aliphatic rings. The number of aliphatic hydroxyl groups is 1. The Morgan fingerprint density at radius 3 is 2.91 bits per heavy atom. The molecule has 0 rings (SSSR count). The van der Waals surface area contributed by atoms with Crippen LogP contribution in [0.1, 0.15) is 0 Å². The van der Waals surface area contributed by atoms with E-state index in [2.05, 4.69) is 5.32 Å². The minimum absolute atomic E-state index is 0.0364. The van der Waals surface area contributed by atoms with E-state index in [4.69, 9.17) is 16.3 Å². The molecule has 2 N–H and O–H groups in total. The average molecular weight is 193 g/mol. The summed E-state index contributed by atoms with van der Waals surface area (Å²) in [6.07, 6.45) is 3.23. The molecular formula is C6H11NO2S2. The fraction of sp³-hybridized carbons (Fsp3) is 0.500. The van der Waals surface area contributed by atoms with Gasteiger partial charge in [-0.3, -0.25) is 4.79 Å². The van der Waals surface area contributed by atoms with Crippen molar-refractivity contribution in [1.29, 1.82) is 0 Å². The summed E-state index contributed by atoms with van der Waals surface area (Å²) in [5.74, 6) is -0.205. The Morgan fingerprint density at radius 1 is 1.82 bits per heavy atom. The van der Waals surface area contributed by atoms with E-state index in [1.807, 2.05) is 6.26 Å². The van der Waals surface area contributed by atoms with Gasteiger partial charge in [0.15, 0.2) is 0 Å². The first-order chi connectivity index (χ1) is 5.16. The molecule has 0 radical (unpaired) electrons. The van der Waals surface area contributed by atoms with E-state index in [0.29, 0.717) is 0 Å². The predicted octanol–water partition coefficient (Wildman–Crippen LogP) is -0.681. The number of aliphatic hydroxyl groups excluding tert-OH is 1. The Balaban J connectivity index is 3.60. The molecule has 0 bridgehead atoms. The highest BCUT2D eigenvalue weighted by Gasteiger charge is 1.90. The fourth-order valence-electron chi connectivity index (χ4n) is 0.396. The van der Waals surface area contributed by atoms with Gasteiger partial charge in [0.25, 0.3) is 0 Å². The van der Waals surface area contributed by atoms with Crippen LogP contribution in [0.15, 0.2) is 11.5 Å². The number of nitrogens with one attached hydrogen (secondary N) is 1. The maximum Gasteiger partial charge on any atom is 0.244 e. The number of hydrogen-bond donors (Lipinski definition) is 2. The molecule has 0 aromatic carbocycles. The lowest BCUT2D eigenvalue weighted by atomic mass is 10.5. The summed E-state index contributed by atoms with van der Waals surface area (Å²) in [5.41, 5.74) is 0. The van der Waals surface area contributed by atoms with Gasteiger partial charge in [-0.1, -0.05) is 0 Å². The lowest BCUT2D eigenvalue weighted by molar-refractivity contribution is -0.116. The minimum atomic E-state index is -0.262. The molecule has 1 amide bonds. The summed E-state index contributed by atoms with van der Waals surface area (Å²) in [6, 6.07) is 0. The number of amides is 1. The summed E-state index contributed by atoms with van der Waals surface area (Å²) in [6.45, 7) is 0.253. The number of hydrogen-bond acceptors (Lipinski definition) is 3. The maximum atomic E-state index is 10.8. The molecule has 0 spiro atoms. The Labute approximate surface area is 73.1 Å². The fourth-order valence-corrected chi connectivity index (χ4v) is 0.878. The Hall–Kier alpha value is -0.260. The van der Waals surface area contributed by atoms with Crippen molar-refractivity contribution in [2.75, 3.05) is 19.4 Å². The zero-order valence-corrected chi connectivity index (χ0v) is 7.87. The van der Waals surface area contributed by atoms with Gasteiger partial charge < -0.3 is 10.4 Å². The van der Waals surface area contributed by atoms with Crippen LogP contribution < -0.4 is 5.32 Å². The highest BCUT2D eigenvalue weighted by atomic mass is 32.8. The van der Waals surface area contributed by atoms with Gasteiger partial charge in [-0.15, -0.1) is 9.45 Å². The normalized spacial score (nSPS) is 13.3. The van der Waals surface area contributed by atoms with Crippen molar-refractivity contribution in [3.8, 4) is 0 Å². The molecule has 0 fully saturated rings.